The van der Waals surface area contributed by atoms with E-state index in [2.05, 4.69) is 25.2 Å². The smallest absolute Gasteiger partial charge is 0.251 e. The highest BCUT2D eigenvalue weighted by atomic mass is 16.1. The van der Waals surface area contributed by atoms with Gasteiger partial charge in [0.2, 0.25) is 0 Å². The number of hydrogen-bond donors (Lipinski definition) is 1. The van der Waals surface area contributed by atoms with Crippen LogP contribution in [0.3, 0.4) is 0 Å². The standard InChI is InChI=1S/C13H19NO.C2H6.H2/c1-9(2)11-6-5-7-12(8-11)13(15)14-10(3)4;1-2;/h5-10H,1-4H3,(H,14,15);1-2H3;1H. The van der Waals surface area contributed by atoms with Crippen LogP contribution in [0.5, 0.6) is 0 Å². The highest BCUT2D eigenvalue weighted by Gasteiger charge is 2.08. The first-order valence-electron chi connectivity index (χ1n) is 6.41. The highest BCUT2D eigenvalue weighted by molar-refractivity contribution is 5.94. The molecular weight excluding hydrogens is 210 g/mol. The van der Waals surface area contributed by atoms with Crippen molar-refractivity contribution in [1.29, 1.82) is 0 Å². The Hall–Kier alpha value is -1.31. The van der Waals surface area contributed by atoms with E-state index >= 15 is 0 Å². The second kappa shape index (κ2) is 7.88. The van der Waals surface area contributed by atoms with E-state index in [1.807, 2.05) is 45.9 Å². The van der Waals surface area contributed by atoms with Gasteiger partial charge in [-0.05, 0) is 37.5 Å². The molecule has 0 saturated heterocycles. The molecule has 0 aromatic heterocycles. The number of hydrogen-bond acceptors (Lipinski definition) is 1. The summed E-state index contributed by atoms with van der Waals surface area (Å²) in [5.41, 5.74) is 1.95. The maximum absolute atomic E-state index is 11.7. The minimum absolute atomic E-state index is 0. The van der Waals surface area contributed by atoms with E-state index in [9.17, 15) is 4.79 Å². The Labute approximate surface area is 107 Å². The summed E-state index contributed by atoms with van der Waals surface area (Å²) in [4.78, 5) is 11.7. The zero-order chi connectivity index (χ0) is 13.4. The summed E-state index contributed by atoms with van der Waals surface area (Å²) in [6.45, 7) is 12.2. The highest BCUT2D eigenvalue weighted by Crippen LogP contribution is 2.15. The van der Waals surface area contributed by atoms with Crippen LogP contribution >= 0.6 is 0 Å². The van der Waals surface area contributed by atoms with Gasteiger partial charge in [-0.15, -0.1) is 0 Å². The monoisotopic (exact) mass is 237 g/mol. The van der Waals surface area contributed by atoms with Gasteiger partial charge in [0.1, 0.15) is 0 Å². The number of carbonyl (C=O) groups is 1. The molecule has 0 bridgehead atoms. The van der Waals surface area contributed by atoms with Crippen molar-refractivity contribution in [1.82, 2.24) is 5.32 Å². The maximum Gasteiger partial charge on any atom is 0.251 e. The Morgan fingerprint density at radius 1 is 1.18 bits per heavy atom. The predicted molar refractivity (Wildman–Crippen MR) is 76.6 cm³/mol. The zero-order valence-corrected chi connectivity index (χ0v) is 11.9. The van der Waals surface area contributed by atoms with Crippen molar-refractivity contribution in [3.05, 3.63) is 35.4 Å². The Kier molecular flexibility index (Phi) is 7.27. The van der Waals surface area contributed by atoms with E-state index in [0.29, 0.717) is 5.92 Å². The summed E-state index contributed by atoms with van der Waals surface area (Å²) in [5, 5.41) is 2.89. The fourth-order valence-corrected chi connectivity index (χ4v) is 1.38. The van der Waals surface area contributed by atoms with E-state index in [1.165, 1.54) is 5.56 Å². The molecule has 98 valence electrons. The maximum atomic E-state index is 11.7. The number of amides is 1. The molecule has 1 N–H and O–H groups in total. The molecule has 0 radical (unpaired) electrons. The van der Waals surface area contributed by atoms with E-state index in [1.54, 1.807) is 0 Å². The van der Waals surface area contributed by atoms with Gasteiger partial charge in [-0.2, -0.15) is 0 Å². The van der Waals surface area contributed by atoms with Crippen molar-refractivity contribution in [2.75, 3.05) is 0 Å². The van der Waals surface area contributed by atoms with Crippen LogP contribution in [0.1, 0.15) is 64.8 Å². The lowest BCUT2D eigenvalue weighted by Gasteiger charge is -2.10. The van der Waals surface area contributed by atoms with Gasteiger partial charge >= 0.3 is 0 Å². The van der Waals surface area contributed by atoms with Gasteiger partial charge in [0.25, 0.3) is 5.91 Å². The van der Waals surface area contributed by atoms with Crippen LogP contribution in [0.15, 0.2) is 24.3 Å². The SMILES string of the molecule is CC.CC(C)NC(=O)c1cccc(C(C)C)c1.[HH]. The average Bonchev–Trinajstić information content (AvgIpc) is 2.31. The third-order valence-corrected chi connectivity index (χ3v) is 2.24. The molecule has 0 atom stereocenters. The van der Waals surface area contributed by atoms with Gasteiger partial charge in [0.15, 0.2) is 0 Å². The summed E-state index contributed by atoms with van der Waals surface area (Å²) in [6, 6.07) is 7.98. The molecule has 0 spiro atoms. The minimum Gasteiger partial charge on any atom is -0.350 e. The number of carbonyl (C=O) groups excluding carboxylic acids is 1. The van der Waals surface area contributed by atoms with Crippen LogP contribution < -0.4 is 5.32 Å². The molecule has 1 aromatic rings. The van der Waals surface area contributed by atoms with Crippen molar-refractivity contribution in [3.8, 4) is 0 Å². The first-order valence-corrected chi connectivity index (χ1v) is 6.41. The Morgan fingerprint density at radius 2 is 1.76 bits per heavy atom. The third-order valence-electron chi connectivity index (χ3n) is 2.24. The molecule has 0 unspecified atom stereocenters. The van der Waals surface area contributed by atoms with Gasteiger partial charge in [-0.1, -0.05) is 39.8 Å². The lowest BCUT2D eigenvalue weighted by atomic mass is 10.0. The lowest BCUT2D eigenvalue weighted by Crippen LogP contribution is -2.30. The summed E-state index contributed by atoms with van der Waals surface area (Å²) in [7, 11) is 0. The van der Waals surface area contributed by atoms with Crippen molar-refractivity contribution < 1.29 is 6.22 Å². The van der Waals surface area contributed by atoms with Crippen LogP contribution in [0, 0.1) is 0 Å². The Balaban J connectivity index is 0. The molecule has 0 aliphatic carbocycles. The van der Waals surface area contributed by atoms with Crippen LogP contribution in [0.2, 0.25) is 0 Å². The molecule has 2 nitrogen and oxygen atoms in total. The average molecular weight is 237 g/mol. The molecule has 0 aliphatic rings. The van der Waals surface area contributed by atoms with Gasteiger partial charge in [-0.25, -0.2) is 0 Å². The minimum atomic E-state index is 0. The van der Waals surface area contributed by atoms with E-state index in [-0.39, 0.29) is 13.4 Å². The Morgan fingerprint density at radius 3 is 2.24 bits per heavy atom. The zero-order valence-electron chi connectivity index (χ0n) is 11.9. The second-order valence-corrected chi connectivity index (χ2v) is 4.41. The van der Waals surface area contributed by atoms with E-state index in [4.69, 9.17) is 0 Å². The third kappa shape index (κ3) is 5.53. The fraction of sp³-hybridized carbons (Fsp3) is 0.533. The fourth-order valence-electron chi connectivity index (χ4n) is 1.38. The van der Waals surface area contributed by atoms with Crippen LogP contribution in [-0.2, 0) is 0 Å². The predicted octanol–water partition coefficient (Wildman–Crippen LogP) is 4.22. The molecule has 2 heteroatoms. The number of benzene rings is 1. The van der Waals surface area contributed by atoms with Gasteiger partial charge in [0, 0.05) is 13.0 Å². The molecule has 1 rings (SSSR count). The molecule has 0 aliphatic heterocycles. The van der Waals surface area contributed by atoms with Crippen LogP contribution in [-0.4, -0.2) is 11.9 Å². The summed E-state index contributed by atoms with van der Waals surface area (Å²) >= 11 is 0. The largest absolute Gasteiger partial charge is 0.350 e. The molecule has 0 saturated carbocycles. The van der Waals surface area contributed by atoms with Gasteiger partial charge in [-0.3, -0.25) is 4.79 Å². The summed E-state index contributed by atoms with van der Waals surface area (Å²) in [6.07, 6.45) is 0. The van der Waals surface area contributed by atoms with Crippen molar-refractivity contribution in [2.45, 2.75) is 53.5 Å². The molecule has 0 heterocycles. The number of rotatable bonds is 3. The molecular formula is C15H27NO. The number of nitrogens with one attached hydrogen (secondary N) is 1. The van der Waals surface area contributed by atoms with E-state index < -0.39 is 0 Å². The normalized spacial score (nSPS) is 9.88. The molecule has 1 aromatic carbocycles. The van der Waals surface area contributed by atoms with Gasteiger partial charge < -0.3 is 5.32 Å². The topological polar surface area (TPSA) is 29.1 Å². The first-order chi connectivity index (χ1) is 8.00. The molecule has 0 fully saturated rings. The summed E-state index contributed by atoms with van der Waals surface area (Å²) in [5.74, 6) is 0.462. The Bertz CT molecular complexity index is 348. The van der Waals surface area contributed by atoms with Crippen molar-refractivity contribution in [3.63, 3.8) is 0 Å². The summed E-state index contributed by atoms with van der Waals surface area (Å²) < 4.78 is 0. The first kappa shape index (κ1) is 15.7. The molecule has 1 amide bonds. The van der Waals surface area contributed by atoms with Crippen LogP contribution in [0.4, 0.5) is 0 Å². The van der Waals surface area contributed by atoms with Crippen molar-refractivity contribution >= 4 is 5.91 Å². The quantitative estimate of drug-likeness (QED) is 0.838. The second-order valence-electron chi connectivity index (χ2n) is 4.41. The van der Waals surface area contributed by atoms with E-state index in [0.717, 1.165) is 5.56 Å². The van der Waals surface area contributed by atoms with Crippen LogP contribution in [0.25, 0.3) is 0 Å². The molecule has 17 heavy (non-hydrogen) atoms. The van der Waals surface area contributed by atoms with Gasteiger partial charge in [0.05, 0.1) is 0 Å². The van der Waals surface area contributed by atoms with Crippen molar-refractivity contribution in [2.24, 2.45) is 0 Å². The lowest BCUT2D eigenvalue weighted by molar-refractivity contribution is 0.0943.